The molecule has 1 aromatic carbocycles. The average Bonchev–Trinajstić information content (AvgIpc) is 2.78. The minimum atomic E-state index is -0.443. The molecule has 1 aliphatic rings. The molecular weight excluding hydrogens is 238 g/mol. The highest BCUT2D eigenvalue weighted by molar-refractivity contribution is 5.79. The maximum Gasteiger partial charge on any atom is 0.225 e. The number of aryl methyl sites for hydroxylation is 2. The van der Waals surface area contributed by atoms with E-state index in [0.29, 0.717) is 6.54 Å². The van der Waals surface area contributed by atoms with Crippen LogP contribution in [0, 0.1) is 19.8 Å². The van der Waals surface area contributed by atoms with Gasteiger partial charge in [-0.05, 0) is 50.7 Å². The minimum absolute atomic E-state index is 0.00904. The lowest BCUT2D eigenvalue weighted by Gasteiger charge is -2.14. The quantitative estimate of drug-likeness (QED) is 0.872. The number of carbonyl (C=O) groups excluding carboxylic acids is 1. The largest absolute Gasteiger partial charge is 0.392 e. The molecule has 0 aromatic heterocycles. The van der Waals surface area contributed by atoms with Crippen molar-refractivity contribution in [3.63, 3.8) is 0 Å². The Labute approximate surface area is 115 Å². The predicted octanol–water partition coefficient (Wildman–Crippen LogP) is 2.12. The summed E-state index contributed by atoms with van der Waals surface area (Å²) >= 11 is 0. The summed E-state index contributed by atoms with van der Waals surface area (Å²) in [5.41, 5.74) is 3.81. The Morgan fingerprint density at radius 2 is 2.16 bits per heavy atom. The Morgan fingerprint density at radius 1 is 1.37 bits per heavy atom. The number of aliphatic hydroxyl groups is 1. The van der Waals surface area contributed by atoms with Gasteiger partial charge in [-0.1, -0.05) is 23.8 Å². The zero-order chi connectivity index (χ0) is 13.8. The summed E-state index contributed by atoms with van der Waals surface area (Å²) in [5, 5.41) is 12.6. The number of amides is 1. The third kappa shape index (κ3) is 3.57. The lowest BCUT2D eigenvalue weighted by Crippen LogP contribution is -2.35. The van der Waals surface area contributed by atoms with Crippen LogP contribution in [-0.4, -0.2) is 23.7 Å². The smallest absolute Gasteiger partial charge is 0.225 e. The second-order valence-electron chi connectivity index (χ2n) is 5.58. The predicted molar refractivity (Wildman–Crippen MR) is 76.0 cm³/mol. The molecule has 2 unspecified atom stereocenters. The molecule has 1 saturated carbocycles. The summed E-state index contributed by atoms with van der Waals surface area (Å²) in [7, 11) is 0. The SMILES string of the molecule is Cc1ccc(CCNC(=O)C2CCCC2O)c(C)c1. The molecule has 0 aliphatic heterocycles. The summed E-state index contributed by atoms with van der Waals surface area (Å²) in [5.74, 6) is -0.186. The number of hydrogen-bond acceptors (Lipinski definition) is 2. The van der Waals surface area contributed by atoms with Crippen LogP contribution >= 0.6 is 0 Å². The minimum Gasteiger partial charge on any atom is -0.392 e. The first-order valence-electron chi connectivity index (χ1n) is 7.10. The van der Waals surface area contributed by atoms with E-state index < -0.39 is 6.10 Å². The van der Waals surface area contributed by atoms with Crippen LogP contribution in [0.15, 0.2) is 18.2 Å². The molecule has 0 heterocycles. The number of carbonyl (C=O) groups is 1. The van der Waals surface area contributed by atoms with E-state index in [1.54, 1.807) is 0 Å². The van der Waals surface area contributed by atoms with Gasteiger partial charge in [-0.25, -0.2) is 0 Å². The van der Waals surface area contributed by atoms with Crippen molar-refractivity contribution in [3.8, 4) is 0 Å². The van der Waals surface area contributed by atoms with Crippen LogP contribution in [-0.2, 0) is 11.2 Å². The molecule has 1 aromatic rings. The van der Waals surface area contributed by atoms with Crippen molar-refractivity contribution in [2.75, 3.05) is 6.54 Å². The van der Waals surface area contributed by atoms with E-state index in [0.717, 1.165) is 25.7 Å². The van der Waals surface area contributed by atoms with Crippen molar-refractivity contribution in [3.05, 3.63) is 34.9 Å². The number of hydrogen-bond donors (Lipinski definition) is 2. The maximum atomic E-state index is 11.9. The molecule has 3 nitrogen and oxygen atoms in total. The first kappa shape index (κ1) is 14.1. The Kier molecular flexibility index (Phi) is 4.59. The highest BCUT2D eigenvalue weighted by Gasteiger charge is 2.30. The van der Waals surface area contributed by atoms with Gasteiger partial charge in [-0.2, -0.15) is 0 Å². The second-order valence-corrected chi connectivity index (χ2v) is 5.58. The van der Waals surface area contributed by atoms with Gasteiger partial charge in [-0.3, -0.25) is 4.79 Å². The lowest BCUT2D eigenvalue weighted by molar-refractivity contribution is -0.127. The Bertz CT molecular complexity index is 456. The molecule has 0 spiro atoms. The van der Waals surface area contributed by atoms with Crippen molar-refractivity contribution in [1.29, 1.82) is 0 Å². The molecular formula is C16H23NO2. The first-order valence-corrected chi connectivity index (χ1v) is 7.10. The second kappa shape index (κ2) is 6.20. The van der Waals surface area contributed by atoms with E-state index in [1.807, 2.05) is 0 Å². The normalized spacial score (nSPS) is 22.5. The molecule has 19 heavy (non-hydrogen) atoms. The van der Waals surface area contributed by atoms with Crippen LogP contribution < -0.4 is 5.32 Å². The average molecular weight is 261 g/mol. The van der Waals surface area contributed by atoms with Crippen LogP contribution in [0.3, 0.4) is 0 Å². The van der Waals surface area contributed by atoms with Gasteiger partial charge in [0.05, 0.1) is 12.0 Å². The highest BCUT2D eigenvalue weighted by atomic mass is 16.3. The van der Waals surface area contributed by atoms with Gasteiger partial charge in [0, 0.05) is 6.54 Å². The number of benzene rings is 1. The molecule has 2 N–H and O–H groups in total. The van der Waals surface area contributed by atoms with Crippen LogP contribution in [0.1, 0.15) is 36.0 Å². The summed E-state index contributed by atoms with van der Waals surface area (Å²) in [6.45, 7) is 4.83. The van der Waals surface area contributed by atoms with Crippen molar-refractivity contribution in [2.24, 2.45) is 5.92 Å². The number of rotatable bonds is 4. The van der Waals surface area contributed by atoms with Crippen LogP contribution in [0.25, 0.3) is 0 Å². The van der Waals surface area contributed by atoms with Gasteiger partial charge < -0.3 is 10.4 Å². The third-order valence-corrected chi connectivity index (χ3v) is 4.01. The maximum absolute atomic E-state index is 11.9. The van der Waals surface area contributed by atoms with Gasteiger partial charge >= 0.3 is 0 Å². The Morgan fingerprint density at radius 3 is 2.79 bits per heavy atom. The van der Waals surface area contributed by atoms with Gasteiger partial charge in [0.15, 0.2) is 0 Å². The van der Waals surface area contributed by atoms with E-state index in [2.05, 4.69) is 37.4 Å². The molecule has 2 rings (SSSR count). The summed E-state index contributed by atoms with van der Waals surface area (Å²) in [4.78, 5) is 11.9. The summed E-state index contributed by atoms with van der Waals surface area (Å²) < 4.78 is 0. The zero-order valence-electron chi connectivity index (χ0n) is 11.8. The Hall–Kier alpha value is -1.35. The molecule has 104 valence electrons. The van der Waals surface area contributed by atoms with Crippen LogP contribution in [0.4, 0.5) is 0 Å². The van der Waals surface area contributed by atoms with Crippen molar-refractivity contribution in [1.82, 2.24) is 5.32 Å². The van der Waals surface area contributed by atoms with E-state index in [9.17, 15) is 9.90 Å². The molecule has 1 amide bonds. The molecule has 0 bridgehead atoms. The van der Waals surface area contributed by atoms with E-state index in [1.165, 1.54) is 16.7 Å². The van der Waals surface area contributed by atoms with Crippen LogP contribution in [0.5, 0.6) is 0 Å². The van der Waals surface area contributed by atoms with Gasteiger partial charge in [0.25, 0.3) is 0 Å². The third-order valence-electron chi connectivity index (χ3n) is 4.01. The van der Waals surface area contributed by atoms with Gasteiger partial charge in [0.1, 0.15) is 0 Å². The summed E-state index contributed by atoms with van der Waals surface area (Å²) in [6, 6.07) is 6.39. The highest BCUT2D eigenvalue weighted by Crippen LogP contribution is 2.25. The zero-order valence-corrected chi connectivity index (χ0v) is 11.8. The molecule has 0 radical (unpaired) electrons. The monoisotopic (exact) mass is 261 g/mol. The fraction of sp³-hybridized carbons (Fsp3) is 0.562. The van der Waals surface area contributed by atoms with Crippen LogP contribution in [0.2, 0.25) is 0 Å². The fourth-order valence-electron chi connectivity index (χ4n) is 2.82. The topological polar surface area (TPSA) is 49.3 Å². The molecule has 3 heteroatoms. The summed E-state index contributed by atoms with van der Waals surface area (Å²) in [6.07, 6.45) is 2.93. The molecule has 0 saturated heterocycles. The number of aliphatic hydroxyl groups excluding tert-OH is 1. The lowest BCUT2D eigenvalue weighted by atomic mass is 10.0. The van der Waals surface area contributed by atoms with Crippen molar-refractivity contribution < 1.29 is 9.90 Å². The van der Waals surface area contributed by atoms with Gasteiger partial charge in [0.2, 0.25) is 5.91 Å². The molecule has 2 atom stereocenters. The van der Waals surface area contributed by atoms with E-state index in [-0.39, 0.29) is 11.8 Å². The number of nitrogens with one attached hydrogen (secondary N) is 1. The molecule has 1 fully saturated rings. The van der Waals surface area contributed by atoms with Crippen molar-refractivity contribution >= 4 is 5.91 Å². The standard InChI is InChI=1S/C16H23NO2/c1-11-6-7-13(12(2)10-11)8-9-17-16(19)14-4-3-5-15(14)18/h6-7,10,14-15,18H,3-5,8-9H2,1-2H3,(H,17,19). The van der Waals surface area contributed by atoms with E-state index in [4.69, 9.17) is 0 Å². The fourth-order valence-corrected chi connectivity index (χ4v) is 2.82. The molecule has 1 aliphatic carbocycles. The van der Waals surface area contributed by atoms with Gasteiger partial charge in [-0.15, -0.1) is 0 Å². The Balaban J connectivity index is 1.81. The van der Waals surface area contributed by atoms with Crippen molar-refractivity contribution in [2.45, 2.75) is 45.6 Å². The first-order chi connectivity index (χ1) is 9.08. The van der Waals surface area contributed by atoms with E-state index >= 15 is 0 Å².